The van der Waals surface area contributed by atoms with Crippen LogP contribution < -0.4 is 0 Å². The molecule has 1 aromatic heterocycles. The zero-order valence-electron chi connectivity index (χ0n) is 13.9. The minimum Gasteiger partial charge on any atom is -0.305 e. The van der Waals surface area contributed by atoms with Crippen molar-refractivity contribution < 1.29 is 18.0 Å². The molecule has 3 aromatic rings. The molecule has 26 heavy (non-hydrogen) atoms. The number of Topliss-reactive ketones (excluding diaryl/α,β-unsaturated/α-hetero) is 1. The highest BCUT2D eigenvalue weighted by Crippen LogP contribution is 2.27. The molecule has 0 aliphatic carbocycles. The zero-order chi connectivity index (χ0) is 18.8. The van der Waals surface area contributed by atoms with Crippen molar-refractivity contribution in [2.24, 2.45) is 7.05 Å². The molecule has 4 nitrogen and oxygen atoms in total. The van der Waals surface area contributed by atoms with Gasteiger partial charge >= 0.3 is 0 Å². The number of hydrogen-bond acceptors (Lipinski definition) is 4. The Hall–Kier alpha value is -2.61. The molecule has 134 valence electrons. The van der Waals surface area contributed by atoms with Gasteiger partial charge in [-0.15, -0.1) is 10.2 Å². The van der Waals surface area contributed by atoms with Crippen molar-refractivity contribution in [2.75, 3.05) is 0 Å². The standard InChI is InChI=1S/C18H14F3N3OS/c1-10(16(25)12-5-8-14(20)15(21)9-12)26-18-23-22-17(24(18)2)11-3-6-13(19)7-4-11/h3-10H,1-2H3/t10-/m1/s1. The summed E-state index contributed by atoms with van der Waals surface area (Å²) in [4.78, 5) is 12.4. The molecule has 0 spiro atoms. The van der Waals surface area contributed by atoms with Crippen LogP contribution in [0.25, 0.3) is 11.4 Å². The molecular formula is C18H14F3N3OS. The number of thioether (sulfide) groups is 1. The molecule has 0 unspecified atom stereocenters. The van der Waals surface area contributed by atoms with E-state index in [1.807, 2.05) is 0 Å². The van der Waals surface area contributed by atoms with Crippen molar-refractivity contribution in [2.45, 2.75) is 17.3 Å². The maximum atomic E-state index is 13.3. The number of rotatable bonds is 5. The van der Waals surface area contributed by atoms with E-state index in [1.165, 1.54) is 18.2 Å². The third-order valence-electron chi connectivity index (χ3n) is 3.79. The van der Waals surface area contributed by atoms with E-state index in [0.29, 0.717) is 16.5 Å². The second kappa shape index (κ2) is 7.33. The van der Waals surface area contributed by atoms with Gasteiger partial charge in [-0.1, -0.05) is 11.8 Å². The Morgan fingerprint density at radius 3 is 2.38 bits per heavy atom. The van der Waals surface area contributed by atoms with Gasteiger partial charge in [-0.05, 0) is 49.4 Å². The van der Waals surface area contributed by atoms with E-state index in [9.17, 15) is 18.0 Å². The molecule has 1 heterocycles. The average molecular weight is 377 g/mol. The highest BCUT2D eigenvalue weighted by atomic mass is 32.2. The minimum absolute atomic E-state index is 0.0878. The number of ketones is 1. The van der Waals surface area contributed by atoms with Gasteiger partial charge in [-0.3, -0.25) is 4.79 Å². The maximum Gasteiger partial charge on any atom is 0.191 e. The van der Waals surface area contributed by atoms with Crippen molar-refractivity contribution in [1.82, 2.24) is 14.8 Å². The number of aromatic nitrogens is 3. The Labute approximate surface area is 152 Å². The lowest BCUT2D eigenvalue weighted by Crippen LogP contribution is -2.15. The number of benzene rings is 2. The normalized spacial score (nSPS) is 12.2. The first-order chi connectivity index (χ1) is 12.4. The van der Waals surface area contributed by atoms with Crippen LogP contribution in [-0.2, 0) is 7.05 Å². The van der Waals surface area contributed by atoms with Crippen LogP contribution in [0.2, 0.25) is 0 Å². The predicted octanol–water partition coefficient (Wildman–Crippen LogP) is 4.26. The summed E-state index contributed by atoms with van der Waals surface area (Å²) in [7, 11) is 1.73. The predicted molar refractivity (Wildman–Crippen MR) is 92.4 cm³/mol. The van der Waals surface area contributed by atoms with Gasteiger partial charge in [0, 0.05) is 18.2 Å². The largest absolute Gasteiger partial charge is 0.305 e. The van der Waals surface area contributed by atoms with Crippen LogP contribution in [0.1, 0.15) is 17.3 Å². The first kappa shape index (κ1) is 18.2. The topological polar surface area (TPSA) is 47.8 Å². The van der Waals surface area contributed by atoms with E-state index in [1.54, 1.807) is 30.7 Å². The smallest absolute Gasteiger partial charge is 0.191 e. The van der Waals surface area contributed by atoms with Gasteiger partial charge in [0.15, 0.2) is 28.4 Å². The fourth-order valence-corrected chi connectivity index (χ4v) is 3.26. The van der Waals surface area contributed by atoms with E-state index in [2.05, 4.69) is 10.2 Å². The quantitative estimate of drug-likeness (QED) is 0.492. The number of halogens is 3. The Kier molecular flexibility index (Phi) is 5.13. The lowest BCUT2D eigenvalue weighted by Gasteiger charge is -2.10. The fraction of sp³-hybridized carbons (Fsp3) is 0.167. The van der Waals surface area contributed by atoms with Gasteiger partial charge in [-0.25, -0.2) is 13.2 Å². The van der Waals surface area contributed by atoms with Crippen LogP contribution in [0.4, 0.5) is 13.2 Å². The highest BCUT2D eigenvalue weighted by Gasteiger charge is 2.21. The fourth-order valence-electron chi connectivity index (χ4n) is 2.36. The third kappa shape index (κ3) is 3.65. The van der Waals surface area contributed by atoms with Gasteiger partial charge in [0.2, 0.25) is 0 Å². The second-order valence-corrected chi connectivity index (χ2v) is 6.93. The van der Waals surface area contributed by atoms with Crippen LogP contribution >= 0.6 is 11.8 Å². The van der Waals surface area contributed by atoms with Gasteiger partial charge in [-0.2, -0.15) is 0 Å². The first-order valence-electron chi connectivity index (χ1n) is 7.68. The molecule has 0 radical (unpaired) electrons. The molecule has 0 N–H and O–H groups in total. The van der Waals surface area contributed by atoms with Gasteiger partial charge in [0.1, 0.15) is 5.82 Å². The van der Waals surface area contributed by atoms with Crippen LogP contribution in [-0.4, -0.2) is 25.8 Å². The van der Waals surface area contributed by atoms with Gasteiger partial charge < -0.3 is 4.57 Å². The third-order valence-corrected chi connectivity index (χ3v) is 4.93. The first-order valence-corrected chi connectivity index (χ1v) is 8.56. The summed E-state index contributed by atoms with van der Waals surface area (Å²) < 4.78 is 41.1. The molecule has 2 aromatic carbocycles. The van der Waals surface area contributed by atoms with Crippen LogP contribution in [0.15, 0.2) is 47.6 Å². The van der Waals surface area contributed by atoms with E-state index < -0.39 is 16.9 Å². The number of nitrogens with zero attached hydrogens (tertiary/aromatic N) is 3. The molecule has 0 fully saturated rings. The van der Waals surface area contributed by atoms with Crippen LogP contribution in [0, 0.1) is 17.5 Å². The summed E-state index contributed by atoms with van der Waals surface area (Å²) in [6, 6.07) is 8.88. The minimum atomic E-state index is -1.06. The van der Waals surface area contributed by atoms with Gasteiger partial charge in [0.25, 0.3) is 0 Å². The molecule has 0 saturated heterocycles. The summed E-state index contributed by atoms with van der Waals surface area (Å²) in [6.45, 7) is 1.65. The van der Waals surface area contributed by atoms with Crippen LogP contribution in [0.3, 0.4) is 0 Å². The molecule has 0 aliphatic heterocycles. The molecular weight excluding hydrogens is 363 g/mol. The molecule has 3 rings (SSSR count). The average Bonchev–Trinajstić information content (AvgIpc) is 2.98. The molecule has 1 atom stereocenters. The molecule has 8 heteroatoms. The van der Waals surface area contributed by atoms with Crippen LogP contribution in [0.5, 0.6) is 0 Å². The lowest BCUT2D eigenvalue weighted by molar-refractivity contribution is 0.0993. The maximum absolute atomic E-state index is 13.3. The summed E-state index contributed by atoms with van der Waals surface area (Å²) in [6.07, 6.45) is 0. The summed E-state index contributed by atoms with van der Waals surface area (Å²) in [5, 5.41) is 8.03. The van der Waals surface area contributed by atoms with Crippen molar-refractivity contribution in [3.63, 3.8) is 0 Å². The Bertz CT molecular complexity index is 957. The van der Waals surface area contributed by atoms with Crippen molar-refractivity contribution >= 4 is 17.5 Å². The van der Waals surface area contributed by atoms with Gasteiger partial charge in [0.05, 0.1) is 5.25 Å². The molecule has 0 aliphatic rings. The molecule has 0 amide bonds. The monoisotopic (exact) mass is 377 g/mol. The van der Waals surface area contributed by atoms with Crippen molar-refractivity contribution in [3.05, 3.63) is 65.5 Å². The lowest BCUT2D eigenvalue weighted by atomic mass is 10.1. The second-order valence-electron chi connectivity index (χ2n) is 5.63. The Balaban J connectivity index is 1.79. The SMILES string of the molecule is C[C@@H](Sc1nnc(-c2ccc(F)cc2)n1C)C(=O)c1ccc(F)c(F)c1. The Morgan fingerprint density at radius 2 is 1.73 bits per heavy atom. The number of carbonyl (C=O) groups is 1. The van der Waals surface area contributed by atoms with E-state index in [4.69, 9.17) is 0 Å². The van der Waals surface area contributed by atoms with E-state index in [0.717, 1.165) is 23.9 Å². The molecule has 0 bridgehead atoms. The highest BCUT2D eigenvalue weighted by molar-refractivity contribution is 8.00. The van der Waals surface area contributed by atoms with E-state index >= 15 is 0 Å². The Morgan fingerprint density at radius 1 is 1.04 bits per heavy atom. The van der Waals surface area contributed by atoms with Crippen molar-refractivity contribution in [3.8, 4) is 11.4 Å². The number of hydrogen-bond donors (Lipinski definition) is 0. The molecule has 0 saturated carbocycles. The van der Waals surface area contributed by atoms with E-state index in [-0.39, 0.29) is 17.2 Å². The summed E-state index contributed by atoms with van der Waals surface area (Å²) in [5.41, 5.74) is 0.776. The number of carbonyl (C=O) groups excluding carboxylic acids is 1. The van der Waals surface area contributed by atoms with Crippen molar-refractivity contribution in [1.29, 1.82) is 0 Å². The summed E-state index contributed by atoms with van der Waals surface area (Å²) >= 11 is 1.15. The summed E-state index contributed by atoms with van der Waals surface area (Å²) in [5.74, 6) is -2.24. The zero-order valence-corrected chi connectivity index (χ0v) is 14.7.